The molecule has 0 amide bonds. The van der Waals surface area contributed by atoms with Crippen molar-refractivity contribution in [2.45, 2.75) is 104 Å². The van der Waals surface area contributed by atoms with Crippen molar-refractivity contribution in [3.8, 4) is 0 Å². The molecule has 0 spiro atoms. The first-order chi connectivity index (χ1) is 12.4. The normalized spacial score (nSPS) is 27.8. The van der Waals surface area contributed by atoms with E-state index in [1.165, 1.54) is 6.92 Å². The molecule has 0 radical (unpaired) electrons. The Morgan fingerprint density at radius 3 is 2.29 bits per heavy atom. The largest absolute Gasteiger partial charge is 0.462 e. The van der Waals surface area contributed by atoms with Crippen LogP contribution in [0.4, 0.5) is 0 Å². The highest BCUT2D eigenvalue weighted by atomic mass is 28.4. The Balaban J connectivity index is 3.21. The zero-order valence-corrected chi connectivity index (χ0v) is 20.5. The molecule has 0 aromatic heterocycles. The number of aliphatic hydroxyl groups is 1. The molecule has 4 atom stereocenters. The Morgan fingerprint density at radius 1 is 1.32 bits per heavy atom. The van der Waals surface area contributed by atoms with Crippen molar-refractivity contribution < 1.29 is 19.1 Å². The topological polar surface area (TPSA) is 55.8 Å². The minimum absolute atomic E-state index is 0.0757. The molecule has 0 aromatic carbocycles. The highest BCUT2D eigenvalue weighted by molar-refractivity contribution is 6.74. The first-order valence-electron chi connectivity index (χ1n) is 10.3. The van der Waals surface area contributed by atoms with Gasteiger partial charge in [-0.15, -0.1) is 6.58 Å². The van der Waals surface area contributed by atoms with Crippen molar-refractivity contribution in [2.75, 3.05) is 0 Å². The summed E-state index contributed by atoms with van der Waals surface area (Å²) in [6.07, 6.45) is 3.13. The molecule has 0 unspecified atom stereocenters. The summed E-state index contributed by atoms with van der Waals surface area (Å²) in [5.41, 5.74) is -0.161. The third-order valence-corrected chi connectivity index (χ3v) is 11.4. The summed E-state index contributed by atoms with van der Waals surface area (Å²) >= 11 is 0. The molecule has 28 heavy (non-hydrogen) atoms. The Labute approximate surface area is 173 Å². The Morgan fingerprint density at radius 2 is 1.86 bits per heavy atom. The smallest absolute Gasteiger partial charge is 0.302 e. The number of carbonyl (C=O) groups is 1. The van der Waals surface area contributed by atoms with Crippen LogP contribution >= 0.6 is 0 Å². The van der Waals surface area contributed by atoms with Gasteiger partial charge in [0.15, 0.2) is 8.32 Å². The fourth-order valence-electron chi connectivity index (χ4n) is 3.73. The summed E-state index contributed by atoms with van der Waals surface area (Å²) < 4.78 is 12.5. The van der Waals surface area contributed by atoms with Gasteiger partial charge in [0.2, 0.25) is 0 Å². The van der Waals surface area contributed by atoms with Crippen LogP contribution in [-0.2, 0) is 14.0 Å². The first-order valence-corrected chi connectivity index (χ1v) is 13.2. The molecule has 1 aliphatic rings. The van der Waals surface area contributed by atoms with Gasteiger partial charge in [-0.2, -0.15) is 0 Å². The average molecular weight is 411 g/mol. The van der Waals surface area contributed by atoms with E-state index in [9.17, 15) is 9.90 Å². The quantitative estimate of drug-likeness (QED) is 0.336. The third-order valence-electron chi connectivity index (χ3n) is 6.95. The van der Waals surface area contributed by atoms with Gasteiger partial charge < -0.3 is 14.3 Å². The number of carbonyl (C=O) groups excluding carboxylic acids is 1. The summed E-state index contributed by atoms with van der Waals surface area (Å²) in [5.74, 6) is -0.194. The van der Waals surface area contributed by atoms with E-state index in [1.54, 1.807) is 13.0 Å². The molecule has 0 aliphatic heterocycles. The van der Waals surface area contributed by atoms with Crippen molar-refractivity contribution in [3.63, 3.8) is 0 Å². The van der Waals surface area contributed by atoms with Gasteiger partial charge in [-0.3, -0.25) is 4.79 Å². The van der Waals surface area contributed by atoms with Crippen LogP contribution in [0.25, 0.3) is 0 Å². The molecule has 4 nitrogen and oxygen atoms in total. The number of hydrogen-bond acceptors (Lipinski definition) is 4. The fourth-order valence-corrected chi connectivity index (χ4v) is 5.04. The fraction of sp³-hybridized carbons (Fsp3) is 0.783. The standard InChI is InChI=1S/C23H42O4Si/c1-12-23(9,25)14-13-18-16(2)19(27-28(10,11)21(4,5)6)15-20(22(18,7)8)26-17(3)24/h12,18-20,25H,1-2,13-15H2,3-11H3/t18-,19-,20-,23+/m0/s1. The summed E-state index contributed by atoms with van der Waals surface area (Å²) in [6, 6.07) is 0. The van der Waals surface area contributed by atoms with Gasteiger partial charge in [-0.05, 0) is 49.4 Å². The highest BCUT2D eigenvalue weighted by Crippen LogP contribution is 2.50. The van der Waals surface area contributed by atoms with E-state index in [0.29, 0.717) is 12.8 Å². The van der Waals surface area contributed by atoms with Crippen molar-refractivity contribution in [1.29, 1.82) is 0 Å². The maximum absolute atomic E-state index is 11.8. The molecule has 1 fully saturated rings. The van der Waals surface area contributed by atoms with Crippen LogP contribution < -0.4 is 0 Å². The van der Waals surface area contributed by atoms with Crippen LogP contribution in [0.3, 0.4) is 0 Å². The summed E-state index contributed by atoms with van der Waals surface area (Å²) in [7, 11) is -2.01. The van der Waals surface area contributed by atoms with Gasteiger partial charge in [0, 0.05) is 18.8 Å². The van der Waals surface area contributed by atoms with Crippen molar-refractivity contribution >= 4 is 14.3 Å². The summed E-state index contributed by atoms with van der Waals surface area (Å²) in [4.78, 5) is 11.8. The van der Waals surface area contributed by atoms with Crippen molar-refractivity contribution in [3.05, 3.63) is 24.8 Å². The van der Waals surface area contributed by atoms with Gasteiger partial charge in [-0.1, -0.05) is 47.3 Å². The SMILES string of the molecule is C=C[C@@](C)(O)CC[C@H]1C(=C)[C@@H](O[Si](C)(C)C(C)(C)C)C[C@H](OC(C)=O)C1(C)C. The van der Waals surface area contributed by atoms with Crippen LogP contribution in [-0.4, -0.2) is 37.2 Å². The Hall–Kier alpha value is -0.913. The molecule has 162 valence electrons. The van der Waals surface area contributed by atoms with Crippen LogP contribution in [0.15, 0.2) is 24.8 Å². The molecule has 1 aliphatic carbocycles. The molecular weight excluding hydrogens is 368 g/mol. The van der Waals surface area contributed by atoms with Crippen LogP contribution in [0.5, 0.6) is 0 Å². The van der Waals surface area contributed by atoms with E-state index in [0.717, 1.165) is 12.0 Å². The number of ether oxygens (including phenoxy) is 1. The van der Waals surface area contributed by atoms with E-state index in [1.807, 2.05) is 0 Å². The van der Waals surface area contributed by atoms with E-state index < -0.39 is 13.9 Å². The zero-order chi connectivity index (χ0) is 22.1. The van der Waals surface area contributed by atoms with E-state index >= 15 is 0 Å². The minimum atomic E-state index is -2.01. The lowest BCUT2D eigenvalue weighted by Gasteiger charge is -2.51. The maximum atomic E-state index is 11.8. The molecule has 5 heteroatoms. The first kappa shape index (κ1) is 25.1. The average Bonchev–Trinajstić information content (AvgIpc) is 2.50. The monoisotopic (exact) mass is 410 g/mol. The molecule has 0 aromatic rings. The number of hydrogen-bond donors (Lipinski definition) is 1. The molecule has 0 bridgehead atoms. The van der Waals surface area contributed by atoms with E-state index in [4.69, 9.17) is 9.16 Å². The molecular formula is C23H42O4Si. The van der Waals surface area contributed by atoms with Gasteiger partial charge in [0.1, 0.15) is 6.10 Å². The molecule has 1 saturated carbocycles. The summed E-state index contributed by atoms with van der Waals surface area (Å²) in [5, 5.41) is 10.5. The molecule has 1 N–H and O–H groups in total. The second-order valence-corrected chi connectivity index (χ2v) is 15.5. The molecule has 0 heterocycles. The zero-order valence-electron chi connectivity index (χ0n) is 19.5. The second-order valence-electron chi connectivity index (χ2n) is 10.7. The molecule has 1 rings (SSSR count). The van der Waals surface area contributed by atoms with Crippen molar-refractivity contribution in [2.24, 2.45) is 11.3 Å². The van der Waals surface area contributed by atoms with E-state index in [-0.39, 0.29) is 34.5 Å². The Kier molecular flexibility index (Phi) is 7.58. The molecule has 0 saturated heterocycles. The van der Waals surface area contributed by atoms with Gasteiger partial charge in [0.05, 0.1) is 11.7 Å². The van der Waals surface area contributed by atoms with Crippen molar-refractivity contribution in [1.82, 2.24) is 0 Å². The maximum Gasteiger partial charge on any atom is 0.302 e. The minimum Gasteiger partial charge on any atom is -0.462 e. The second kappa shape index (κ2) is 8.45. The van der Waals surface area contributed by atoms with Gasteiger partial charge in [0.25, 0.3) is 0 Å². The van der Waals surface area contributed by atoms with Crippen LogP contribution in [0.2, 0.25) is 18.1 Å². The van der Waals surface area contributed by atoms with Crippen LogP contribution in [0.1, 0.15) is 67.7 Å². The highest BCUT2D eigenvalue weighted by Gasteiger charge is 2.50. The number of rotatable bonds is 7. The lowest BCUT2D eigenvalue weighted by Crippen LogP contribution is -2.53. The lowest BCUT2D eigenvalue weighted by molar-refractivity contribution is -0.160. The predicted molar refractivity (Wildman–Crippen MR) is 119 cm³/mol. The Bertz CT molecular complexity index is 598. The van der Waals surface area contributed by atoms with Gasteiger partial charge >= 0.3 is 5.97 Å². The summed E-state index contributed by atoms with van der Waals surface area (Å²) in [6.45, 7) is 26.8. The third kappa shape index (κ3) is 5.80. The van der Waals surface area contributed by atoms with Gasteiger partial charge in [-0.25, -0.2) is 0 Å². The number of esters is 1. The van der Waals surface area contributed by atoms with E-state index in [2.05, 4.69) is 60.9 Å². The van der Waals surface area contributed by atoms with Crippen LogP contribution in [0, 0.1) is 11.3 Å². The predicted octanol–water partition coefficient (Wildman–Crippen LogP) is 5.63. The lowest BCUT2D eigenvalue weighted by atomic mass is 9.62.